The molecule has 0 saturated heterocycles. The minimum absolute atomic E-state index is 0.0585. The van der Waals surface area contributed by atoms with E-state index in [-0.39, 0.29) is 23.4 Å². The minimum Gasteiger partial charge on any atom is -0.358 e. The number of hydrogen-bond acceptors (Lipinski definition) is 4. The number of primary sulfonamides is 1. The van der Waals surface area contributed by atoms with E-state index in [4.69, 9.17) is 5.14 Å². The van der Waals surface area contributed by atoms with Crippen LogP contribution >= 0.6 is 0 Å². The molecule has 0 fully saturated rings. The Morgan fingerprint density at radius 1 is 1.33 bits per heavy atom. The van der Waals surface area contributed by atoms with Crippen molar-refractivity contribution in [1.29, 1.82) is 0 Å². The van der Waals surface area contributed by atoms with Crippen molar-refractivity contribution in [2.24, 2.45) is 5.14 Å². The van der Waals surface area contributed by atoms with Crippen molar-refractivity contribution in [3.8, 4) is 0 Å². The smallest absolute Gasteiger partial charge is 0.238 e. The highest BCUT2D eigenvalue weighted by molar-refractivity contribution is 7.89. The lowest BCUT2D eigenvalue weighted by molar-refractivity contribution is -0.119. The predicted octanol–water partition coefficient (Wildman–Crippen LogP) is -0.269. The van der Waals surface area contributed by atoms with Crippen LogP contribution in [0.4, 0.5) is 0 Å². The van der Waals surface area contributed by atoms with Crippen LogP contribution in [0.3, 0.4) is 0 Å². The Morgan fingerprint density at radius 2 is 1.89 bits per heavy atom. The van der Waals surface area contributed by atoms with Crippen molar-refractivity contribution >= 4 is 15.9 Å². The molecular weight excluding hydrogens is 254 g/mol. The largest absolute Gasteiger partial charge is 0.358 e. The highest BCUT2D eigenvalue weighted by atomic mass is 32.2. The monoisotopic (exact) mass is 271 g/mol. The molecule has 0 aliphatic carbocycles. The Hall–Kier alpha value is -1.44. The second-order valence-electron chi connectivity index (χ2n) is 3.89. The first-order valence-corrected chi connectivity index (χ1v) is 6.96. The zero-order valence-corrected chi connectivity index (χ0v) is 11.1. The number of nitrogens with two attached hydrogens (primary N) is 1. The molecule has 0 heterocycles. The van der Waals surface area contributed by atoms with Gasteiger partial charge in [0.2, 0.25) is 15.9 Å². The van der Waals surface area contributed by atoms with Gasteiger partial charge in [-0.3, -0.25) is 4.79 Å². The van der Waals surface area contributed by atoms with Crippen molar-refractivity contribution in [2.75, 3.05) is 13.6 Å². The number of rotatable bonds is 5. The minimum atomic E-state index is -3.66. The van der Waals surface area contributed by atoms with Gasteiger partial charge in [-0.1, -0.05) is 12.1 Å². The number of likely N-dealkylation sites (N-methyl/N-ethyl adjacent to an activating group) is 1. The lowest BCUT2D eigenvalue weighted by Gasteiger charge is -2.13. The van der Waals surface area contributed by atoms with Gasteiger partial charge in [0.1, 0.15) is 0 Å². The summed E-state index contributed by atoms with van der Waals surface area (Å²) in [5.41, 5.74) is 0.881. The van der Waals surface area contributed by atoms with Gasteiger partial charge in [0.25, 0.3) is 0 Å². The third-order valence-corrected chi connectivity index (χ3v) is 3.49. The lowest BCUT2D eigenvalue weighted by atomic mass is 10.1. The number of amides is 1. The topological polar surface area (TPSA) is 101 Å². The van der Waals surface area contributed by atoms with Crippen molar-refractivity contribution in [1.82, 2.24) is 10.6 Å². The molecule has 6 nitrogen and oxygen atoms in total. The van der Waals surface area contributed by atoms with Gasteiger partial charge >= 0.3 is 0 Å². The second-order valence-corrected chi connectivity index (χ2v) is 5.45. The number of carbonyl (C=O) groups is 1. The van der Waals surface area contributed by atoms with Gasteiger partial charge in [-0.05, 0) is 24.6 Å². The van der Waals surface area contributed by atoms with Crippen LogP contribution in [-0.4, -0.2) is 27.9 Å². The molecule has 4 N–H and O–H groups in total. The van der Waals surface area contributed by atoms with Gasteiger partial charge in [-0.2, -0.15) is 0 Å². The van der Waals surface area contributed by atoms with Gasteiger partial charge in [0.15, 0.2) is 0 Å². The van der Waals surface area contributed by atoms with Crippen LogP contribution in [0, 0.1) is 0 Å². The van der Waals surface area contributed by atoms with E-state index < -0.39 is 10.0 Å². The molecule has 0 aliphatic heterocycles. The fraction of sp³-hybridized carbons (Fsp3) is 0.364. The van der Waals surface area contributed by atoms with E-state index in [0.717, 1.165) is 5.56 Å². The Morgan fingerprint density at radius 3 is 2.33 bits per heavy atom. The fourth-order valence-electron chi connectivity index (χ4n) is 1.40. The first-order valence-electron chi connectivity index (χ1n) is 5.41. The number of benzene rings is 1. The van der Waals surface area contributed by atoms with Crippen LogP contribution in [0.1, 0.15) is 18.5 Å². The zero-order valence-electron chi connectivity index (χ0n) is 10.3. The normalized spacial score (nSPS) is 13.1. The number of carbonyl (C=O) groups excluding carboxylic acids is 1. The standard InChI is InChI=1S/C11H17N3O3S/c1-8(14-7-11(15)13-2)9-3-5-10(6-4-9)18(12,16)17/h3-6,8,14H,7H2,1-2H3,(H,13,15)(H2,12,16,17). The van der Waals surface area contributed by atoms with Crippen molar-refractivity contribution in [3.63, 3.8) is 0 Å². The molecule has 1 amide bonds. The number of hydrogen-bond donors (Lipinski definition) is 3. The van der Waals surface area contributed by atoms with E-state index in [0.29, 0.717) is 0 Å². The number of sulfonamides is 1. The van der Waals surface area contributed by atoms with Crippen LogP contribution in [0.15, 0.2) is 29.2 Å². The molecule has 1 aromatic rings. The summed E-state index contributed by atoms with van der Waals surface area (Å²) in [6, 6.07) is 6.17. The first-order chi connectivity index (χ1) is 8.34. The third-order valence-electron chi connectivity index (χ3n) is 2.56. The lowest BCUT2D eigenvalue weighted by Crippen LogP contribution is -2.32. The maximum absolute atomic E-state index is 11.1. The molecule has 0 radical (unpaired) electrons. The summed E-state index contributed by atoms with van der Waals surface area (Å²) in [6.07, 6.45) is 0. The van der Waals surface area contributed by atoms with Gasteiger partial charge in [0.05, 0.1) is 11.4 Å². The average Bonchev–Trinajstić information content (AvgIpc) is 2.34. The highest BCUT2D eigenvalue weighted by Gasteiger charge is 2.10. The van der Waals surface area contributed by atoms with Gasteiger partial charge in [-0.25, -0.2) is 13.6 Å². The van der Waals surface area contributed by atoms with Crippen LogP contribution in [-0.2, 0) is 14.8 Å². The van der Waals surface area contributed by atoms with Gasteiger partial charge in [0, 0.05) is 13.1 Å². The second kappa shape index (κ2) is 5.94. The van der Waals surface area contributed by atoms with Gasteiger partial charge < -0.3 is 10.6 Å². The summed E-state index contributed by atoms with van der Waals surface area (Å²) in [4.78, 5) is 11.1. The summed E-state index contributed by atoms with van der Waals surface area (Å²) >= 11 is 0. The summed E-state index contributed by atoms with van der Waals surface area (Å²) < 4.78 is 22.2. The molecule has 0 aromatic heterocycles. The quantitative estimate of drug-likeness (QED) is 0.686. The Kier molecular flexibility index (Phi) is 4.83. The van der Waals surface area contributed by atoms with E-state index in [9.17, 15) is 13.2 Å². The third kappa shape index (κ3) is 4.10. The van der Waals surface area contributed by atoms with Gasteiger partial charge in [-0.15, -0.1) is 0 Å². The molecule has 0 spiro atoms. The molecule has 18 heavy (non-hydrogen) atoms. The van der Waals surface area contributed by atoms with E-state index in [1.54, 1.807) is 19.2 Å². The maximum atomic E-state index is 11.1. The number of nitrogens with one attached hydrogen (secondary N) is 2. The Bertz CT molecular complexity index is 511. The van der Waals surface area contributed by atoms with Crippen molar-refractivity contribution in [3.05, 3.63) is 29.8 Å². The summed E-state index contributed by atoms with van der Waals surface area (Å²) in [5, 5.41) is 10.5. The van der Waals surface area contributed by atoms with Crippen LogP contribution in [0.25, 0.3) is 0 Å². The molecule has 1 aromatic carbocycles. The Labute approximate surface area is 107 Å². The average molecular weight is 271 g/mol. The van der Waals surface area contributed by atoms with Crippen LogP contribution in [0.2, 0.25) is 0 Å². The van der Waals surface area contributed by atoms with E-state index in [1.165, 1.54) is 12.1 Å². The highest BCUT2D eigenvalue weighted by Crippen LogP contribution is 2.15. The molecule has 100 valence electrons. The zero-order chi connectivity index (χ0) is 13.8. The van der Waals surface area contributed by atoms with Crippen LogP contribution in [0.5, 0.6) is 0 Å². The fourth-order valence-corrected chi connectivity index (χ4v) is 1.91. The molecule has 0 bridgehead atoms. The maximum Gasteiger partial charge on any atom is 0.238 e. The van der Waals surface area contributed by atoms with Crippen LogP contribution < -0.4 is 15.8 Å². The summed E-state index contributed by atoms with van der Waals surface area (Å²) in [6.45, 7) is 2.09. The van der Waals surface area contributed by atoms with E-state index in [2.05, 4.69) is 10.6 Å². The van der Waals surface area contributed by atoms with Crippen molar-refractivity contribution < 1.29 is 13.2 Å². The molecule has 0 aliphatic rings. The molecular formula is C11H17N3O3S. The Balaban J connectivity index is 2.70. The first kappa shape index (κ1) is 14.6. The molecule has 1 rings (SSSR count). The SMILES string of the molecule is CNC(=O)CNC(C)c1ccc(S(N)(=O)=O)cc1. The van der Waals surface area contributed by atoms with E-state index >= 15 is 0 Å². The molecule has 1 atom stereocenters. The molecule has 0 saturated carbocycles. The van der Waals surface area contributed by atoms with E-state index in [1.807, 2.05) is 6.92 Å². The summed E-state index contributed by atoms with van der Waals surface area (Å²) in [5.74, 6) is -0.108. The molecule has 7 heteroatoms. The molecule has 1 unspecified atom stereocenters. The van der Waals surface area contributed by atoms with Crippen molar-refractivity contribution in [2.45, 2.75) is 17.9 Å². The predicted molar refractivity (Wildman–Crippen MR) is 68.3 cm³/mol. The summed E-state index contributed by atoms with van der Waals surface area (Å²) in [7, 11) is -2.09.